The van der Waals surface area contributed by atoms with E-state index in [1.807, 2.05) is 0 Å². The van der Waals surface area contributed by atoms with Gasteiger partial charge in [-0.2, -0.15) is 0 Å². The number of nitrogens with zero attached hydrogens (tertiary/aromatic N) is 3. The summed E-state index contributed by atoms with van der Waals surface area (Å²) in [4.78, 5) is 5.30. The van der Waals surface area contributed by atoms with Crippen LogP contribution >= 0.6 is 0 Å². The minimum atomic E-state index is -0.0987. The highest BCUT2D eigenvalue weighted by Crippen LogP contribution is 2.52. The highest BCUT2D eigenvalue weighted by Gasteiger charge is 2.43. The van der Waals surface area contributed by atoms with Gasteiger partial charge in [-0.05, 0) is 78.3 Å². The van der Waals surface area contributed by atoms with Gasteiger partial charge in [0.1, 0.15) is 0 Å². The van der Waals surface area contributed by atoms with E-state index in [-0.39, 0.29) is 16.9 Å². The molecule has 0 N–H and O–H groups in total. The van der Waals surface area contributed by atoms with Crippen LogP contribution in [0.25, 0.3) is 34.8 Å². The molecule has 0 fully saturated rings. The van der Waals surface area contributed by atoms with Crippen LogP contribution in [0.3, 0.4) is 0 Å². The molecule has 4 atom stereocenters. The number of aromatic nitrogens is 2. The van der Waals surface area contributed by atoms with Gasteiger partial charge in [0.2, 0.25) is 0 Å². The Morgan fingerprint density at radius 1 is 0.808 bits per heavy atom. The maximum absolute atomic E-state index is 5.30. The van der Waals surface area contributed by atoms with Crippen molar-refractivity contribution in [1.82, 2.24) is 9.13 Å². The third-order valence-electron chi connectivity index (χ3n) is 12.4. The summed E-state index contributed by atoms with van der Waals surface area (Å²) in [7, 11) is 0. The van der Waals surface area contributed by atoms with E-state index in [1.165, 1.54) is 67.1 Å². The first-order chi connectivity index (χ1) is 25.5. The summed E-state index contributed by atoms with van der Waals surface area (Å²) in [5.41, 5.74) is 14.7. The molecule has 0 saturated carbocycles. The number of benzene rings is 3. The Kier molecular flexibility index (Phi) is 7.15. The summed E-state index contributed by atoms with van der Waals surface area (Å²) in [5.74, 6) is 0.350. The van der Waals surface area contributed by atoms with Crippen molar-refractivity contribution in [2.24, 2.45) is 16.3 Å². The fourth-order valence-corrected chi connectivity index (χ4v) is 9.65. The summed E-state index contributed by atoms with van der Waals surface area (Å²) >= 11 is 0. The largest absolute Gasteiger partial charge is 0.313 e. The second-order valence-electron chi connectivity index (χ2n) is 15.5. The first-order valence-electron chi connectivity index (χ1n) is 18.9. The highest BCUT2D eigenvalue weighted by molar-refractivity contribution is 5.95. The fourth-order valence-electron chi connectivity index (χ4n) is 9.65. The van der Waals surface area contributed by atoms with Crippen molar-refractivity contribution < 1.29 is 0 Å². The van der Waals surface area contributed by atoms with Crippen molar-refractivity contribution in [2.75, 3.05) is 0 Å². The van der Waals surface area contributed by atoms with Gasteiger partial charge in [-0.1, -0.05) is 147 Å². The predicted octanol–water partition coefficient (Wildman–Crippen LogP) is 11.6. The molecule has 3 heteroatoms. The zero-order valence-electron chi connectivity index (χ0n) is 29.9. The van der Waals surface area contributed by atoms with Crippen LogP contribution in [0.1, 0.15) is 72.1 Å². The molecule has 5 aliphatic carbocycles. The van der Waals surface area contributed by atoms with Gasteiger partial charge in [-0.3, -0.25) is 4.99 Å². The van der Waals surface area contributed by atoms with E-state index in [0.717, 1.165) is 25.7 Å². The average molecular weight is 674 g/mol. The third kappa shape index (κ3) is 4.75. The standard InChI is InChI=1S/C49H43N3/c1-48(37-25-26-44-40(31-37)46-45(52(44)38-20-7-4-8-21-38)27-24-36-19-13-14-29-49(36,46)2)30-28-43-41(32-48)39-22-11-12-23-42(39)51(43)33-50-47(35-17-9-10-18-35)34-15-5-3-6-16-34/h3-17,19-24,27-31,33,36,47H,18,25-26,32H2,1-2H3. The zero-order chi connectivity index (χ0) is 34.9. The molecule has 3 aromatic carbocycles. The Hall–Kier alpha value is -5.67. The first-order valence-corrected chi connectivity index (χ1v) is 18.9. The normalized spacial score (nSPS) is 24.5. The number of hydrogen-bond acceptors (Lipinski definition) is 1. The van der Waals surface area contributed by atoms with Crippen molar-refractivity contribution >= 4 is 35.5 Å². The average Bonchev–Trinajstić information content (AvgIpc) is 3.91. The molecular weight excluding hydrogens is 631 g/mol. The molecule has 2 heterocycles. The van der Waals surface area contributed by atoms with Crippen molar-refractivity contribution in [1.29, 1.82) is 0 Å². The van der Waals surface area contributed by atoms with Gasteiger partial charge in [0.05, 0.1) is 29.3 Å². The quantitative estimate of drug-likeness (QED) is 0.126. The third-order valence-corrected chi connectivity index (χ3v) is 12.4. The molecule has 0 bridgehead atoms. The van der Waals surface area contributed by atoms with E-state index in [0.29, 0.717) is 5.92 Å². The number of allylic oxidation sites excluding steroid dienone is 10. The Morgan fingerprint density at radius 2 is 1.62 bits per heavy atom. The van der Waals surface area contributed by atoms with E-state index in [2.05, 4.69) is 187 Å². The van der Waals surface area contributed by atoms with E-state index in [4.69, 9.17) is 4.99 Å². The van der Waals surface area contributed by atoms with Crippen molar-refractivity contribution in [3.63, 3.8) is 0 Å². The van der Waals surface area contributed by atoms with Crippen molar-refractivity contribution in [3.05, 3.63) is 190 Å². The Morgan fingerprint density at radius 3 is 2.44 bits per heavy atom. The van der Waals surface area contributed by atoms with Crippen LogP contribution in [0.4, 0.5) is 0 Å². The molecule has 0 amide bonds. The number of hydrogen-bond donors (Lipinski definition) is 0. The second kappa shape index (κ2) is 12.0. The molecule has 4 unspecified atom stereocenters. The molecular formula is C49H43N3. The van der Waals surface area contributed by atoms with Gasteiger partial charge in [0, 0.05) is 39.1 Å². The van der Waals surface area contributed by atoms with Crippen LogP contribution in [-0.4, -0.2) is 15.5 Å². The summed E-state index contributed by atoms with van der Waals surface area (Å²) in [5, 5.41) is 1.32. The lowest BCUT2D eigenvalue weighted by molar-refractivity contribution is 0.484. The van der Waals surface area contributed by atoms with Gasteiger partial charge < -0.3 is 9.13 Å². The molecule has 3 nitrogen and oxygen atoms in total. The summed E-state index contributed by atoms with van der Waals surface area (Å²) in [6.07, 6.45) is 34.2. The van der Waals surface area contributed by atoms with Crippen LogP contribution < -0.4 is 0 Å². The zero-order valence-corrected chi connectivity index (χ0v) is 29.9. The predicted molar refractivity (Wildman–Crippen MR) is 218 cm³/mol. The number of rotatable bonds is 6. The van der Waals surface area contributed by atoms with Gasteiger partial charge in [0.15, 0.2) is 0 Å². The molecule has 0 saturated heterocycles. The lowest BCUT2D eigenvalue weighted by atomic mass is 9.64. The minimum Gasteiger partial charge on any atom is -0.313 e. The maximum atomic E-state index is 5.30. The summed E-state index contributed by atoms with van der Waals surface area (Å²) in [6, 6.07) is 30.5. The lowest BCUT2D eigenvalue weighted by Crippen LogP contribution is -2.32. The molecule has 5 aromatic rings. The molecule has 254 valence electrons. The maximum Gasteiger partial charge on any atom is 0.0983 e. The molecule has 0 radical (unpaired) electrons. The highest BCUT2D eigenvalue weighted by atomic mass is 15.0. The topological polar surface area (TPSA) is 22.2 Å². The molecule has 2 aromatic heterocycles. The Balaban J connectivity index is 1.07. The van der Waals surface area contributed by atoms with Crippen molar-refractivity contribution in [2.45, 2.75) is 51.0 Å². The molecule has 0 spiro atoms. The van der Waals surface area contributed by atoms with Crippen LogP contribution in [0, 0.1) is 11.3 Å². The number of para-hydroxylation sites is 2. The van der Waals surface area contributed by atoms with E-state index in [1.54, 1.807) is 0 Å². The minimum absolute atomic E-state index is 0.00707. The molecule has 10 rings (SSSR count). The number of fused-ring (bicyclic) bond motifs is 8. The molecule has 5 aliphatic rings. The van der Waals surface area contributed by atoms with E-state index >= 15 is 0 Å². The van der Waals surface area contributed by atoms with Gasteiger partial charge in [-0.25, -0.2) is 0 Å². The summed E-state index contributed by atoms with van der Waals surface area (Å²) in [6.45, 7) is 4.90. The molecule has 0 aliphatic heterocycles. The number of aliphatic imine (C=N–C) groups is 1. The van der Waals surface area contributed by atoms with Crippen LogP contribution in [0.5, 0.6) is 0 Å². The van der Waals surface area contributed by atoms with Crippen molar-refractivity contribution in [3.8, 4) is 5.69 Å². The fraction of sp³-hybridized carbons (Fsp3) is 0.204. The smallest absolute Gasteiger partial charge is 0.0983 e. The van der Waals surface area contributed by atoms with Gasteiger partial charge >= 0.3 is 0 Å². The van der Waals surface area contributed by atoms with E-state index in [9.17, 15) is 0 Å². The van der Waals surface area contributed by atoms with Crippen LogP contribution in [-0.2, 0) is 18.3 Å². The van der Waals surface area contributed by atoms with Crippen LogP contribution in [0.15, 0.2) is 156 Å². The lowest BCUT2D eigenvalue weighted by Gasteiger charge is -2.38. The van der Waals surface area contributed by atoms with Gasteiger partial charge in [-0.15, -0.1) is 0 Å². The molecule has 52 heavy (non-hydrogen) atoms. The monoisotopic (exact) mass is 673 g/mol. The Bertz CT molecular complexity index is 2490. The van der Waals surface area contributed by atoms with E-state index < -0.39 is 0 Å². The van der Waals surface area contributed by atoms with Gasteiger partial charge in [0.25, 0.3) is 0 Å². The SMILES string of the molecule is CC1(C2=Cc3c4c(n(-c5ccccc5)c3CC2)C=CC2C=CC=CC42C)C=Cc2c(c3ccccc3n2C=NC(C2=CC=CC2)c2ccccc2)C1. The second-order valence-corrected chi connectivity index (χ2v) is 15.5. The van der Waals surface area contributed by atoms with Crippen LogP contribution in [0.2, 0.25) is 0 Å². The summed E-state index contributed by atoms with van der Waals surface area (Å²) < 4.78 is 4.88. The Labute approximate surface area is 306 Å². The first kappa shape index (κ1) is 31.1.